The molecule has 0 aliphatic heterocycles. The van der Waals surface area contributed by atoms with Crippen molar-refractivity contribution in [3.8, 4) is 0 Å². The third-order valence-corrected chi connectivity index (χ3v) is 5.02. The number of nitro benzene ring substituents is 1. The summed E-state index contributed by atoms with van der Waals surface area (Å²) < 4.78 is 0. The Morgan fingerprint density at radius 2 is 0.795 bits per heavy atom. The molecule has 0 spiro atoms. The monoisotopic (exact) mass is 537 g/mol. The summed E-state index contributed by atoms with van der Waals surface area (Å²) >= 11 is 0. The summed E-state index contributed by atoms with van der Waals surface area (Å²) in [6.45, 7) is 0. The van der Waals surface area contributed by atoms with E-state index in [4.69, 9.17) is 0 Å². The van der Waals surface area contributed by atoms with Crippen molar-refractivity contribution in [2.24, 2.45) is 0 Å². The standard InChI is InChI=1S/C24H15N3O12/c28-19(25-16-4-12(21(30)31)2-13(5-16)22(32)33)10-1-11(9-18(8-10)27(38)39)20(29)26-17-6-14(23(34)35)3-15(7-17)24(36)37/h1-9H,(H,25,28)(H,26,29)(H,30,31)(H,32,33)(H,34,35)(H,36,37). The van der Waals surface area contributed by atoms with Gasteiger partial charge >= 0.3 is 23.9 Å². The molecule has 0 aliphatic carbocycles. The number of carboxylic acids is 4. The smallest absolute Gasteiger partial charge is 0.335 e. The Morgan fingerprint density at radius 3 is 1.05 bits per heavy atom. The van der Waals surface area contributed by atoms with Gasteiger partial charge in [-0.3, -0.25) is 19.7 Å². The molecule has 0 saturated heterocycles. The Morgan fingerprint density at radius 1 is 0.513 bits per heavy atom. The van der Waals surface area contributed by atoms with Gasteiger partial charge in [-0.1, -0.05) is 0 Å². The summed E-state index contributed by atoms with van der Waals surface area (Å²) in [4.78, 5) is 81.4. The van der Waals surface area contributed by atoms with Crippen LogP contribution >= 0.6 is 0 Å². The highest BCUT2D eigenvalue weighted by Crippen LogP contribution is 2.22. The van der Waals surface area contributed by atoms with Crippen molar-refractivity contribution < 1.29 is 54.1 Å². The lowest BCUT2D eigenvalue weighted by Crippen LogP contribution is -2.17. The maximum Gasteiger partial charge on any atom is 0.335 e. The van der Waals surface area contributed by atoms with Gasteiger partial charge in [-0.2, -0.15) is 0 Å². The summed E-state index contributed by atoms with van der Waals surface area (Å²) in [7, 11) is 0. The number of anilines is 2. The summed E-state index contributed by atoms with van der Waals surface area (Å²) in [5.41, 5.74) is -3.98. The number of carbonyl (C=O) groups excluding carboxylic acids is 2. The second-order valence-corrected chi connectivity index (χ2v) is 7.75. The van der Waals surface area contributed by atoms with E-state index >= 15 is 0 Å². The van der Waals surface area contributed by atoms with Crippen LogP contribution in [0.1, 0.15) is 62.1 Å². The van der Waals surface area contributed by atoms with Crippen molar-refractivity contribution >= 4 is 52.8 Å². The van der Waals surface area contributed by atoms with Crippen LogP contribution in [0, 0.1) is 10.1 Å². The van der Waals surface area contributed by atoms with E-state index in [0.717, 1.165) is 54.6 Å². The fourth-order valence-electron chi connectivity index (χ4n) is 3.28. The number of non-ortho nitro benzene ring substituents is 1. The number of carbonyl (C=O) groups is 6. The first-order chi connectivity index (χ1) is 18.2. The predicted molar refractivity (Wildman–Crippen MR) is 130 cm³/mol. The second-order valence-electron chi connectivity index (χ2n) is 7.75. The maximum atomic E-state index is 12.8. The van der Waals surface area contributed by atoms with Crippen LogP contribution in [-0.4, -0.2) is 61.0 Å². The van der Waals surface area contributed by atoms with Gasteiger partial charge in [0.2, 0.25) is 0 Å². The Hall–Kier alpha value is -6.12. The number of carboxylic acid groups (broad SMARTS) is 4. The molecule has 0 radical (unpaired) electrons. The number of nitrogens with one attached hydrogen (secondary N) is 2. The average Bonchev–Trinajstić information content (AvgIpc) is 2.87. The van der Waals surface area contributed by atoms with E-state index in [0.29, 0.717) is 0 Å². The van der Waals surface area contributed by atoms with Crippen molar-refractivity contribution in [1.29, 1.82) is 0 Å². The SMILES string of the molecule is O=C(O)c1cc(NC(=O)c2cc(C(=O)Nc3cc(C(=O)O)cc(C(=O)O)c3)cc([N+](=O)[O-])c2)cc(C(=O)O)c1. The number of nitrogens with zero attached hydrogens (tertiary/aromatic N) is 1. The molecular weight excluding hydrogens is 522 g/mol. The van der Waals surface area contributed by atoms with Crippen molar-refractivity contribution in [3.05, 3.63) is 98.1 Å². The zero-order valence-electron chi connectivity index (χ0n) is 19.2. The topological polar surface area (TPSA) is 251 Å². The molecule has 0 unspecified atom stereocenters. The van der Waals surface area contributed by atoms with Crippen LogP contribution in [-0.2, 0) is 0 Å². The molecule has 198 valence electrons. The Balaban J connectivity index is 1.98. The third-order valence-electron chi connectivity index (χ3n) is 5.02. The fourth-order valence-corrected chi connectivity index (χ4v) is 3.28. The largest absolute Gasteiger partial charge is 0.478 e. The highest BCUT2D eigenvalue weighted by molar-refractivity contribution is 6.10. The summed E-state index contributed by atoms with van der Waals surface area (Å²) in [6.07, 6.45) is 0. The molecule has 0 aromatic heterocycles. The number of nitro groups is 1. The van der Waals surface area contributed by atoms with Crippen LogP contribution in [0.3, 0.4) is 0 Å². The average molecular weight is 537 g/mol. The molecular formula is C24H15N3O12. The predicted octanol–water partition coefficient (Wildman–Crippen LogP) is 2.89. The molecule has 0 atom stereocenters. The number of benzene rings is 3. The van der Waals surface area contributed by atoms with E-state index in [-0.39, 0.29) is 11.4 Å². The highest BCUT2D eigenvalue weighted by Gasteiger charge is 2.21. The van der Waals surface area contributed by atoms with Crippen molar-refractivity contribution in [2.45, 2.75) is 0 Å². The van der Waals surface area contributed by atoms with E-state index in [2.05, 4.69) is 10.6 Å². The molecule has 3 rings (SSSR count). The lowest BCUT2D eigenvalue weighted by Gasteiger charge is -2.11. The molecule has 15 heteroatoms. The number of hydrogen-bond donors (Lipinski definition) is 6. The van der Waals surface area contributed by atoms with E-state index in [1.165, 1.54) is 0 Å². The van der Waals surface area contributed by atoms with E-state index < -0.39 is 79.7 Å². The Bertz CT molecular complexity index is 1420. The van der Waals surface area contributed by atoms with Crippen LogP contribution in [0.25, 0.3) is 0 Å². The summed E-state index contributed by atoms with van der Waals surface area (Å²) in [6, 6.07) is 8.05. The number of aromatic carboxylic acids is 4. The van der Waals surface area contributed by atoms with Gasteiger partial charge in [0.25, 0.3) is 17.5 Å². The summed E-state index contributed by atoms with van der Waals surface area (Å²) in [5.74, 6) is -8.07. The Kier molecular flexibility index (Phi) is 7.66. The van der Waals surface area contributed by atoms with Gasteiger partial charge in [0.1, 0.15) is 0 Å². The Labute approximate surface area is 216 Å². The number of hydrogen-bond acceptors (Lipinski definition) is 8. The molecule has 39 heavy (non-hydrogen) atoms. The first-order valence-corrected chi connectivity index (χ1v) is 10.4. The second kappa shape index (κ2) is 10.9. The van der Waals surface area contributed by atoms with Crippen LogP contribution < -0.4 is 10.6 Å². The van der Waals surface area contributed by atoms with Gasteiger partial charge in [-0.25, -0.2) is 19.2 Å². The van der Waals surface area contributed by atoms with Crippen LogP contribution in [0.15, 0.2) is 54.6 Å². The van der Waals surface area contributed by atoms with Crippen molar-refractivity contribution in [3.63, 3.8) is 0 Å². The minimum Gasteiger partial charge on any atom is -0.478 e. The van der Waals surface area contributed by atoms with Crippen molar-refractivity contribution in [1.82, 2.24) is 0 Å². The van der Waals surface area contributed by atoms with Crippen LogP contribution in [0.5, 0.6) is 0 Å². The first kappa shape index (κ1) is 27.5. The van der Waals surface area contributed by atoms with Crippen LogP contribution in [0.4, 0.5) is 17.1 Å². The highest BCUT2D eigenvalue weighted by atomic mass is 16.6. The molecule has 3 aromatic carbocycles. The lowest BCUT2D eigenvalue weighted by atomic mass is 10.1. The van der Waals surface area contributed by atoms with Gasteiger partial charge in [0.05, 0.1) is 27.2 Å². The maximum absolute atomic E-state index is 12.8. The van der Waals surface area contributed by atoms with Gasteiger partial charge in [0, 0.05) is 34.6 Å². The summed E-state index contributed by atoms with van der Waals surface area (Å²) in [5, 5.41) is 52.6. The van der Waals surface area contributed by atoms with Gasteiger partial charge in [-0.15, -0.1) is 0 Å². The van der Waals surface area contributed by atoms with Gasteiger partial charge < -0.3 is 31.1 Å². The molecule has 0 heterocycles. The molecule has 0 saturated carbocycles. The van der Waals surface area contributed by atoms with Crippen LogP contribution in [0.2, 0.25) is 0 Å². The van der Waals surface area contributed by atoms with Crippen molar-refractivity contribution in [2.75, 3.05) is 10.6 Å². The zero-order chi connectivity index (χ0) is 29.0. The molecule has 15 nitrogen and oxygen atoms in total. The first-order valence-electron chi connectivity index (χ1n) is 10.4. The minimum absolute atomic E-state index is 0.263. The zero-order valence-corrected chi connectivity index (χ0v) is 19.2. The molecule has 0 aliphatic rings. The van der Waals surface area contributed by atoms with E-state index in [1.807, 2.05) is 0 Å². The molecule has 0 fully saturated rings. The molecule has 2 amide bonds. The molecule has 6 N–H and O–H groups in total. The minimum atomic E-state index is -1.49. The molecule has 0 bridgehead atoms. The third kappa shape index (κ3) is 6.56. The number of rotatable bonds is 9. The fraction of sp³-hybridized carbons (Fsp3) is 0. The molecule has 3 aromatic rings. The normalized spacial score (nSPS) is 10.3. The quantitative estimate of drug-likeness (QED) is 0.170. The van der Waals surface area contributed by atoms with Gasteiger partial charge in [-0.05, 0) is 42.5 Å². The lowest BCUT2D eigenvalue weighted by molar-refractivity contribution is -0.384. The number of amides is 2. The van der Waals surface area contributed by atoms with Gasteiger partial charge in [0.15, 0.2) is 0 Å². The van der Waals surface area contributed by atoms with E-state index in [1.54, 1.807) is 0 Å². The van der Waals surface area contributed by atoms with E-state index in [9.17, 15) is 59.3 Å².